The highest BCUT2D eigenvalue weighted by Gasteiger charge is 2.32. The average Bonchev–Trinajstić information content (AvgIpc) is 2.36. The van der Waals surface area contributed by atoms with Crippen LogP contribution in [0.1, 0.15) is 39.0 Å². The number of nitrogens with two attached hydrogens (primary N) is 1. The van der Waals surface area contributed by atoms with Crippen molar-refractivity contribution in [2.24, 2.45) is 5.84 Å². The monoisotopic (exact) mass is 243 g/mol. The van der Waals surface area contributed by atoms with E-state index in [1.807, 2.05) is 0 Å². The second kappa shape index (κ2) is 7.63. The molecule has 1 aliphatic heterocycles. The number of carbonyl (C=O) groups is 1. The first kappa shape index (κ1) is 14.4. The van der Waals surface area contributed by atoms with E-state index in [4.69, 9.17) is 10.6 Å². The van der Waals surface area contributed by atoms with Crippen LogP contribution in [0.4, 0.5) is 0 Å². The molecule has 0 aromatic rings. The summed E-state index contributed by atoms with van der Waals surface area (Å²) in [4.78, 5) is 14.1. The SMILES string of the molecule is CCCC1CCCCN1C(COC)C(=O)NN. The molecule has 1 aliphatic rings. The fraction of sp³-hybridized carbons (Fsp3) is 0.917. The van der Waals surface area contributed by atoms with Crippen molar-refractivity contribution >= 4 is 5.91 Å². The van der Waals surface area contributed by atoms with E-state index in [0.29, 0.717) is 12.6 Å². The van der Waals surface area contributed by atoms with Gasteiger partial charge in [-0.3, -0.25) is 15.1 Å². The number of hydrogen-bond donors (Lipinski definition) is 2. The van der Waals surface area contributed by atoms with Gasteiger partial charge < -0.3 is 4.74 Å². The van der Waals surface area contributed by atoms with Gasteiger partial charge in [0, 0.05) is 13.2 Å². The molecule has 2 unspecified atom stereocenters. The molecule has 5 heteroatoms. The lowest BCUT2D eigenvalue weighted by molar-refractivity contribution is -0.130. The minimum absolute atomic E-state index is 0.144. The number of piperidine rings is 1. The number of hydrogen-bond acceptors (Lipinski definition) is 4. The van der Waals surface area contributed by atoms with E-state index in [0.717, 1.165) is 25.8 Å². The maximum atomic E-state index is 11.8. The highest BCUT2D eigenvalue weighted by atomic mass is 16.5. The van der Waals surface area contributed by atoms with Gasteiger partial charge >= 0.3 is 0 Å². The Morgan fingerprint density at radius 3 is 2.94 bits per heavy atom. The van der Waals surface area contributed by atoms with Crippen molar-refractivity contribution in [3.05, 3.63) is 0 Å². The molecule has 5 nitrogen and oxygen atoms in total. The van der Waals surface area contributed by atoms with Crippen molar-refractivity contribution in [2.45, 2.75) is 51.1 Å². The Labute approximate surface area is 104 Å². The van der Waals surface area contributed by atoms with Gasteiger partial charge in [-0.1, -0.05) is 19.8 Å². The molecule has 0 bridgehead atoms. The van der Waals surface area contributed by atoms with Crippen molar-refractivity contribution in [1.82, 2.24) is 10.3 Å². The van der Waals surface area contributed by atoms with E-state index in [-0.39, 0.29) is 11.9 Å². The molecule has 17 heavy (non-hydrogen) atoms. The third-order valence-electron chi connectivity index (χ3n) is 3.46. The van der Waals surface area contributed by atoms with E-state index in [2.05, 4.69) is 17.2 Å². The molecule has 0 radical (unpaired) electrons. The van der Waals surface area contributed by atoms with Gasteiger partial charge in [0.2, 0.25) is 0 Å². The average molecular weight is 243 g/mol. The van der Waals surface area contributed by atoms with Crippen molar-refractivity contribution in [1.29, 1.82) is 0 Å². The number of amides is 1. The van der Waals surface area contributed by atoms with Crippen LogP contribution in [-0.4, -0.2) is 43.2 Å². The number of hydrazine groups is 1. The fourth-order valence-corrected chi connectivity index (χ4v) is 2.65. The molecule has 1 rings (SSSR count). The lowest BCUT2D eigenvalue weighted by Gasteiger charge is -2.40. The molecular weight excluding hydrogens is 218 g/mol. The van der Waals surface area contributed by atoms with Crippen LogP contribution in [0, 0.1) is 0 Å². The van der Waals surface area contributed by atoms with Crippen molar-refractivity contribution < 1.29 is 9.53 Å². The topological polar surface area (TPSA) is 67.6 Å². The quantitative estimate of drug-likeness (QED) is 0.408. The van der Waals surface area contributed by atoms with Gasteiger partial charge in [-0.25, -0.2) is 5.84 Å². The summed E-state index contributed by atoms with van der Waals surface area (Å²) in [5, 5.41) is 0. The molecule has 0 saturated carbocycles. The fourth-order valence-electron chi connectivity index (χ4n) is 2.65. The van der Waals surface area contributed by atoms with Crippen LogP contribution >= 0.6 is 0 Å². The number of likely N-dealkylation sites (tertiary alicyclic amines) is 1. The number of carbonyl (C=O) groups excluding carboxylic acids is 1. The molecule has 1 amide bonds. The maximum Gasteiger partial charge on any atom is 0.253 e. The molecular formula is C12H25N3O2. The van der Waals surface area contributed by atoms with Gasteiger partial charge in [-0.15, -0.1) is 0 Å². The maximum absolute atomic E-state index is 11.8. The van der Waals surface area contributed by atoms with E-state index in [1.165, 1.54) is 12.8 Å². The third kappa shape index (κ3) is 3.94. The summed E-state index contributed by atoms with van der Waals surface area (Å²) >= 11 is 0. The third-order valence-corrected chi connectivity index (χ3v) is 3.46. The van der Waals surface area contributed by atoms with Gasteiger partial charge in [-0.2, -0.15) is 0 Å². The van der Waals surface area contributed by atoms with E-state index < -0.39 is 0 Å². The Morgan fingerprint density at radius 2 is 2.35 bits per heavy atom. The summed E-state index contributed by atoms with van der Waals surface area (Å²) in [6.45, 7) is 3.55. The Morgan fingerprint density at radius 1 is 1.59 bits per heavy atom. The van der Waals surface area contributed by atoms with Crippen LogP contribution in [0.2, 0.25) is 0 Å². The number of rotatable bonds is 6. The Kier molecular flexibility index (Phi) is 6.47. The summed E-state index contributed by atoms with van der Waals surface area (Å²) < 4.78 is 5.15. The Balaban J connectivity index is 2.70. The first-order chi connectivity index (χ1) is 8.24. The summed E-state index contributed by atoms with van der Waals surface area (Å²) in [6, 6.07) is 0.244. The van der Waals surface area contributed by atoms with Crippen LogP contribution < -0.4 is 11.3 Å². The second-order valence-corrected chi connectivity index (χ2v) is 4.66. The van der Waals surface area contributed by atoms with E-state index in [9.17, 15) is 4.79 Å². The molecule has 1 saturated heterocycles. The van der Waals surface area contributed by atoms with Crippen LogP contribution in [0.5, 0.6) is 0 Å². The highest BCUT2D eigenvalue weighted by Crippen LogP contribution is 2.23. The lowest BCUT2D eigenvalue weighted by Crippen LogP contribution is -2.56. The molecule has 2 atom stereocenters. The summed E-state index contributed by atoms with van der Waals surface area (Å²) in [5.74, 6) is 5.10. The molecule has 0 spiro atoms. The highest BCUT2D eigenvalue weighted by molar-refractivity contribution is 5.81. The van der Waals surface area contributed by atoms with Crippen molar-refractivity contribution in [2.75, 3.05) is 20.3 Å². The summed E-state index contributed by atoms with van der Waals surface area (Å²) in [6.07, 6.45) is 5.86. The first-order valence-corrected chi connectivity index (χ1v) is 6.49. The zero-order valence-electron chi connectivity index (χ0n) is 10.9. The van der Waals surface area contributed by atoms with Gasteiger partial charge in [0.25, 0.3) is 5.91 Å². The van der Waals surface area contributed by atoms with Crippen LogP contribution in [0.15, 0.2) is 0 Å². The number of methoxy groups -OCH3 is 1. The number of nitrogens with one attached hydrogen (secondary N) is 1. The smallest absolute Gasteiger partial charge is 0.253 e. The zero-order valence-corrected chi connectivity index (χ0v) is 10.9. The molecule has 0 aliphatic carbocycles. The minimum Gasteiger partial charge on any atom is -0.383 e. The normalized spacial score (nSPS) is 23.4. The first-order valence-electron chi connectivity index (χ1n) is 6.49. The van der Waals surface area contributed by atoms with Gasteiger partial charge in [0.1, 0.15) is 6.04 Å². The molecule has 100 valence electrons. The van der Waals surface area contributed by atoms with Gasteiger partial charge in [0.15, 0.2) is 0 Å². The van der Waals surface area contributed by atoms with Crippen molar-refractivity contribution in [3.8, 4) is 0 Å². The summed E-state index contributed by atoms with van der Waals surface area (Å²) in [5.41, 5.74) is 2.25. The molecule has 1 heterocycles. The largest absolute Gasteiger partial charge is 0.383 e. The minimum atomic E-state index is -0.248. The molecule has 0 aromatic carbocycles. The van der Waals surface area contributed by atoms with Gasteiger partial charge in [0.05, 0.1) is 6.61 Å². The predicted molar refractivity (Wildman–Crippen MR) is 67.2 cm³/mol. The van der Waals surface area contributed by atoms with Crippen LogP contribution in [-0.2, 0) is 9.53 Å². The van der Waals surface area contributed by atoms with Crippen molar-refractivity contribution in [3.63, 3.8) is 0 Å². The number of ether oxygens (including phenoxy) is 1. The van der Waals surface area contributed by atoms with Crippen LogP contribution in [0.25, 0.3) is 0 Å². The zero-order chi connectivity index (χ0) is 12.7. The Bertz CT molecular complexity index is 234. The van der Waals surface area contributed by atoms with E-state index >= 15 is 0 Å². The predicted octanol–water partition coefficient (Wildman–Crippen LogP) is 0.646. The van der Waals surface area contributed by atoms with Crippen LogP contribution in [0.3, 0.4) is 0 Å². The molecule has 0 aromatic heterocycles. The second-order valence-electron chi connectivity index (χ2n) is 4.66. The standard InChI is InChI=1S/C12H25N3O2/c1-3-6-10-7-4-5-8-15(10)11(9-17-2)12(16)14-13/h10-11H,3-9,13H2,1-2H3,(H,14,16). The summed E-state index contributed by atoms with van der Waals surface area (Å²) in [7, 11) is 1.62. The molecule has 1 fully saturated rings. The molecule has 3 N–H and O–H groups in total. The Hall–Kier alpha value is -0.650. The van der Waals surface area contributed by atoms with E-state index in [1.54, 1.807) is 7.11 Å². The van der Waals surface area contributed by atoms with Gasteiger partial charge in [-0.05, 0) is 25.8 Å². The number of nitrogens with zero attached hydrogens (tertiary/aromatic N) is 1. The lowest BCUT2D eigenvalue weighted by atomic mass is 9.96.